The summed E-state index contributed by atoms with van der Waals surface area (Å²) < 4.78 is 2.29. The Kier molecular flexibility index (Phi) is 3.13. The molecule has 4 saturated carbocycles. The zero-order chi connectivity index (χ0) is 13.7. The fraction of sp³-hybridized carbons (Fsp3) is 0.824. The molecular formula is C17H27N3. The predicted molar refractivity (Wildman–Crippen MR) is 80.5 cm³/mol. The van der Waals surface area contributed by atoms with Crippen molar-refractivity contribution in [2.75, 3.05) is 7.05 Å². The van der Waals surface area contributed by atoms with E-state index in [1.54, 1.807) is 5.69 Å². The number of nitrogens with one attached hydrogen (secondary N) is 1. The summed E-state index contributed by atoms with van der Waals surface area (Å²) in [7, 11) is 2.05. The molecule has 4 bridgehead atoms. The van der Waals surface area contributed by atoms with Gasteiger partial charge in [-0.05, 0) is 69.7 Å². The molecule has 0 amide bonds. The third kappa shape index (κ3) is 1.86. The maximum atomic E-state index is 4.66. The number of aromatic nitrogens is 2. The second-order valence-corrected chi connectivity index (χ2v) is 7.36. The van der Waals surface area contributed by atoms with Crippen molar-refractivity contribution in [1.29, 1.82) is 0 Å². The molecule has 1 aromatic rings. The van der Waals surface area contributed by atoms with E-state index in [1.807, 2.05) is 7.05 Å². The highest BCUT2D eigenvalue weighted by atomic mass is 15.3. The van der Waals surface area contributed by atoms with E-state index in [4.69, 9.17) is 0 Å². The van der Waals surface area contributed by atoms with Crippen molar-refractivity contribution < 1.29 is 0 Å². The summed E-state index contributed by atoms with van der Waals surface area (Å²) >= 11 is 0. The van der Waals surface area contributed by atoms with Gasteiger partial charge in [0.2, 0.25) is 0 Å². The lowest BCUT2D eigenvalue weighted by atomic mass is 9.51. The first-order chi connectivity index (χ1) is 9.80. The van der Waals surface area contributed by atoms with Gasteiger partial charge in [-0.1, -0.05) is 0 Å². The minimum atomic E-state index is 0.800. The highest BCUT2D eigenvalue weighted by Crippen LogP contribution is 2.60. The van der Waals surface area contributed by atoms with Crippen LogP contribution in [0.2, 0.25) is 0 Å². The molecule has 5 rings (SSSR count). The highest BCUT2D eigenvalue weighted by Gasteiger charge is 2.49. The van der Waals surface area contributed by atoms with Crippen LogP contribution in [0.1, 0.15) is 56.2 Å². The maximum absolute atomic E-state index is 4.66. The lowest BCUT2D eigenvalue weighted by molar-refractivity contribution is -0.00589. The van der Waals surface area contributed by atoms with Gasteiger partial charge in [-0.2, -0.15) is 5.10 Å². The summed E-state index contributed by atoms with van der Waals surface area (Å²) in [5.41, 5.74) is 3.03. The lowest BCUT2D eigenvalue weighted by Crippen LogP contribution is -2.44. The molecule has 110 valence electrons. The number of hydrogen-bond donors (Lipinski definition) is 1. The Bertz CT molecular complexity index is 462. The monoisotopic (exact) mass is 273 g/mol. The number of hydrogen-bond acceptors (Lipinski definition) is 2. The third-order valence-electron chi connectivity index (χ3n) is 6.17. The van der Waals surface area contributed by atoms with Gasteiger partial charge in [0.05, 0.1) is 6.20 Å². The van der Waals surface area contributed by atoms with E-state index >= 15 is 0 Å². The van der Waals surface area contributed by atoms with Gasteiger partial charge in [-0.25, -0.2) is 0 Å². The van der Waals surface area contributed by atoms with Crippen molar-refractivity contribution in [2.24, 2.45) is 23.7 Å². The van der Waals surface area contributed by atoms with Crippen LogP contribution in [0.5, 0.6) is 0 Å². The van der Waals surface area contributed by atoms with Gasteiger partial charge in [0.25, 0.3) is 0 Å². The van der Waals surface area contributed by atoms with Crippen LogP contribution in [0.4, 0.5) is 0 Å². The van der Waals surface area contributed by atoms with E-state index in [1.165, 1.54) is 37.7 Å². The quantitative estimate of drug-likeness (QED) is 0.913. The Balaban J connectivity index is 1.71. The van der Waals surface area contributed by atoms with Gasteiger partial charge in [0.1, 0.15) is 0 Å². The topological polar surface area (TPSA) is 29.9 Å². The van der Waals surface area contributed by atoms with Crippen molar-refractivity contribution in [2.45, 2.75) is 58.0 Å². The second-order valence-electron chi connectivity index (χ2n) is 7.36. The van der Waals surface area contributed by atoms with Crippen LogP contribution >= 0.6 is 0 Å². The molecule has 0 atom stereocenters. The summed E-state index contributed by atoms with van der Waals surface area (Å²) in [5, 5.41) is 7.99. The molecule has 1 aromatic heterocycles. The van der Waals surface area contributed by atoms with Gasteiger partial charge >= 0.3 is 0 Å². The van der Waals surface area contributed by atoms with Crippen molar-refractivity contribution in [3.05, 3.63) is 17.5 Å². The third-order valence-corrected chi connectivity index (χ3v) is 6.17. The maximum Gasteiger partial charge on any atom is 0.0537 e. The van der Waals surface area contributed by atoms with E-state index in [-0.39, 0.29) is 0 Å². The van der Waals surface area contributed by atoms with Crippen LogP contribution in [0.25, 0.3) is 0 Å². The molecule has 3 heteroatoms. The predicted octanol–water partition coefficient (Wildman–Crippen LogP) is 3.16. The lowest BCUT2D eigenvalue weighted by Gasteiger charge is -2.54. The van der Waals surface area contributed by atoms with Crippen LogP contribution in [0.15, 0.2) is 6.20 Å². The molecule has 1 heterocycles. The molecule has 0 saturated heterocycles. The van der Waals surface area contributed by atoms with Crippen LogP contribution < -0.4 is 5.32 Å². The standard InChI is InChI=1S/C17H27N3/c1-3-20-17(15(9-18-2)10-19-20)16-13-5-11-4-12(7-13)8-14(16)6-11/h10-14,16,18H,3-9H2,1-2H3. The Labute approximate surface area is 122 Å². The van der Waals surface area contributed by atoms with E-state index in [9.17, 15) is 0 Å². The minimum Gasteiger partial charge on any atom is -0.316 e. The largest absolute Gasteiger partial charge is 0.316 e. The Hall–Kier alpha value is -0.830. The van der Waals surface area contributed by atoms with Gasteiger partial charge in [0, 0.05) is 30.3 Å². The molecule has 4 aliphatic carbocycles. The average Bonchev–Trinajstić information content (AvgIpc) is 2.81. The first-order valence-corrected chi connectivity index (χ1v) is 8.49. The Morgan fingerprint density at radius 1 is 1.15 bits per heavy atom. The van der Waals surface area contributed by atoms with Crippen LogP contribution in [-0.4, -0.2) is 16.8 Å². The van der Waals surface area contributed by atoms with E-state index < -0.39 is 0 Å². The van der Waals surface area contributed by atoms with Crippen molar-refractivity contribution in [3.63, 3.8) is 0 Å². The Morgan fingerprint density at radius 2 is 1.80 bits per heavy atom. The van der Waals surface area contributed by atoms with Gasteiger partial charge in [-0.3, -0.25) is 4.68 Å². The molecule has 4 fully saturated rings. The molecule has 0 unspecified atom stereocenters. The SMILES string of the molecule is CCn1ncc(CNC)c1C1C2CC3CC(C2)CC1C3. The number of nitrogens with zero attached hydrogens (tertiary/aromatic N) is 2. The zero-order valence-corrected chi connectivity index (χ0v) is 12.8. The molecule has 20 heavy (non-hydrogen) atoms. The molecule has 3 nitrogen and oxygen atoms in total. The smallest absolute Gasteiger partial charge is 0.0537 e. The first-order valence-electron chi connectivity index (χ1n) is 8.49. The minimum absolute atomic E-state index is 0.800. The number of rotatable bonds is 4. The molecule has 0 radical (unpaired) electrons. The molecule has 4 aliphatic rings. The van der Waals surface area contributed by atoms with Crippen LogP contribution in [0.3, 0.4) is 0 Å². The fourth-order valence-corrected chi connectivity index (χ4v) is 5.77. The first kappa shape index (κ1) is 12.9. The summed E-state index contributed by atoms with van der Waals surface area (Å²) in [6.45, 7) is 4.22. The second kappa shape index (κ2) is 4.87. The van der Waals surface area contributed by atoms with E-state index in [2.05, 4.69) is 28.2 Å². The van der Waals surface area contributed by atoms with Crippen molar-refractivity contribution >= 4 is 0 Å². The molecule has 0 aromatic carbocycles. The van der Waals surface area contributed by atoms with E-state index in [0.29, 0.717) is 0 Å². The Morgan fingerprint density at radius 3 is 2.35 bits per heavy atom. The van der Waals surface area contributed by atoms with Gasteiger partial charge < -0.3 is 5.32 Å². The average molecular weight is 273 g/mol. The normalized spacial score (nSPS) is 38.6. The van der Waals surface area contributed by atoms with E-state index in [0.717, 1.165) is 42.7 Å². The fourth-order valence-electron chi connectivity index (χ4n) is 5.77. The van der Waals surface area contributed by atoms with Gasteiger partial charge in [0.15, 0.2) is 0 Å². The highest BCUT2D eigenvalue weighted by molar-refractivity contribution is 5.26. The zero-order valence-electron chi connectivity index (χ0n) is 12.8. The van der Waals surface area contributed by atoms with Crippen molar-refractivity contribution in [3.8, 4) is 0 Å². The molecular weight excluding hydrogens is 246 g/mol. The summed E-state index contributed by atoms with van der Waals surface area (Å²) in [6, 6.07) is 0. The molecule has 0 spiro atoms. The summed E-state index contributed by atoms with van der Waals surface area (Å²) in [6.07, 6.45) is 9.62. The summed E-state index contributed by atoms with van der Waals surface area (Å²) in [4.78, 5) is 0. The van der Waals surface area contributed by atoms with Gasteiger partial charge in [-0.15, -0.1) is 0 Å². The molecule has 1 N–H and O–H groups in total. The van der Waals surface area contributed by atoms with Crippen LogP contribution in [-0.2, 0) is 13.1 Å². The molecule has 0 aliphatic heterocycles. The summed E-state index contributed by atoms with van der Waals surface area (Å²) in [5.74, 6) is 4.81. The number of aryl methyl sites for hydroxylation is 1. The van der Waals surface area contributed by atoms with Crippen LogP contribution in [0, 0.1) is 23.7 Å². The van der Waals surface area contributed by atoms with Crippen molar-refractivity contribution in [1.82, 2.24) is 15.1 Å².